The van der Waals surface area contributed by atoms with E-state index >= 15 is 0 Å². The fourth-order valence-electron chi connectivity index (χ4n) is 1.37. The van der Waals surface area contributed by atoms with Crippen molar-refractivity contribution in [1.29, 1.82) is 0 Å². The molecule has 1 aliphatic rings. The summed E-state index contributed by atoms with van der Waals surface area (Å²) in [6.45, 7) is 4.00. The highest BCUT2D eigenvalue weighted by atomic mass is 32.2. The Kier molecular flexibility index (Phi) is 4.51. The van der Waals surface area contributed by atoms with Crippen LogP contribution in [0.4, 0.5) is 0 Å². The molecule has 0 radical (unpaired) electrons. The van der Waals surface area contributed by atoms with Gasteiger partial charge in [0.2, 0.25) is 5.91 Å². The van der Waals surface area contributed by atoms with Crippen molar-refractivity contribution in [1.82, 2.24) is 4.90 Å². The molecule has 0 aromatic carbocycles. The van der Waals surface area contributed by atoms with E-state index in [0.29, 0.717) is 5.91 Å². The highest BCUT2D eigenvalue weighted by molar-refractivity contribution is 7.99. The molecule has 70 valence electrons. The Morgan fingerprint density at radius 3 is 3.00 bits per heavy atom. The maximum atomic E-state index is 11.5. The van der Waals surface area contributed by atoms with Crippen molar-refractivity contribution in [3.8, 4) is 0 Å². The van der Waals surface area contributed by atoms with Crippen LogP contribution in [0, 0.1) is 0 Å². The van der Waals surface area contributed by atoms with E-state index in [2.05, 4.69) is 6.92 Å². The molecule has 0 aromatic heterocycles. The molecular weight excluding hydrogens is 170 g/mol. The van der Waals surface area contributed by atoms with Crippen LogP contribution >= 0.6 is 11.8 Å². The lowest BCUT2D eigenvalue weighted by molar-refractivity contribution is -0.130. The zero-order valence-electron chi connectivity index (χ0n) is 7.71. The number of rotatable bonds is 2. The monoisotopic (exact) mass is 187 g/mol. The third-order valence-corrected chi connectivity index (χ3v) is 3.09. The number of amides is 1. The molecule has 0 unspecified atom stereocenters. The Bertz CT molecular complexity index is 141. The molecule has 12 heavy (non-hydrogen) atoms. The van der Waals surface area contributed by atoms with E-state index in [1.807, 2.05) is 16.7 Å². The fraction of sp³-hybridized carbons (Fsp3) is 0.889. The molecule has 0 aliphatic carbocycles. The number of thioether (sulfide) groups is 1. The van der Waals surface area contributed by atoms with Crippen LogP contribution in [0.3, 0.4) is 0 Å². The molecule has 0 aromatic rings. The predicted octanol–water partition coefficient (Wildman–Crippen LogP) is 1.75. The average molecular weight is 187 g/mol. The normalized spacial score (nSPS) is 18.9. The highest BCUT2D eigenvalue weighted by Crippen LogP contribution is 2.11. The molecule has 0 atom stereocenters. The van der Waals surface area contributed by atoms with Crippen LogP contribution in [-0.2, 0) is 4.79 Å². The summed E-state index contributed by atoms with van der Waals surface area (Å²) in [5.41, 5.74) is 0. The topological polar surface area (TPSA) is 20.3 Å². The van der Waals surface area contributed by atoms with Gasteiger partial charge in [0.15, 0.2) is 0 Å². The van der Waals surface area contributed by atoms with Crippen molar-refractivity contribution >= 4 is 17.7 Å². The molecule has 0 spiro atoms. The summed E-state index contributed by atoms with van der Waals surface area (Å²) < 4.78 is 0. The lowest BCUT2D eigenvalue weighted by Gasteiger charge is -2.19. The number of hydrogen-bond donors (Lipinski definition) is 0. The van der Waals surface area contributed by atoms with Gasteiger partial charge in [-0.3, -0.25) is 4.79 Å². The van der Waals surface area contributed by atoms with Crippen LogP contribution in [0.25, 0.3) is 0 Å². The molecule has 1 amide bonds. The van der Waals surface area contributed by atoms with Gasteiger partial charge in [-0.1, -0.05) is 6.92 Å². The van der Waals surface area contributed by atoms with E-state index in [0.717, 1.165) is 31.7 Å². The van der Waals surface area contributed by atoms with E-state index in [1.165, 1.54) is 12.2 Å². The van der Waals surface area contributed by atoms with Gasteiger partial charge in [0.1, 0.15) is 0 Å². The first-order chi connectivity index (χ1) is 5.84. The van der Waals surface area contributed by atoms with Crippen LogP contribution in [-0.4, -0.2) is 35.4 Å². The standard InChI is InChI=1S/C9H17NOS/c1-2-4-9(11)10-5-3-7-12-8-6-10/h2-8H2,1H3. The van der Waals surface area contributed by atoms with Crippen LogP contribution in [0.2, 0.25) is 0 Å². The molecule has 3 heteroatoms. The minimum absolute atomic E-state index is 0.347. The summed E-state index contributed by atoms with van der Waals surface area (Å²) >= 11 is 1.96. The Labute approximate surface area is 78.7 Å². The maximum absolute atomic E-state index is 11.5. The quantitative estimate of drug-likeness (QED) is 0.656. The first-order valence-corrected chi connectivity index (χ1v) is 5.85. The van der Waals surface area contributed by atoms with Gasteiger partial charge in [-0.2, -0.15) is 11.8 Å². The van der Waals surface area contributed by atoms with Crippen molar-refractivity contribution in [2.45, 2.75) is 26.2 Å². The van der Waals surface area contributed by atoms with Crippen molar-refractivity contribution in [3.05, 3.63) is 0 Å². The Morgan fingerprint density at radius 1 is 1.42 bits per heavy atom. The Hall–Kier alpha value is -0.180. The highest BCUT2D eigenvalue weighted by Gasteiger charge is 2.13. The zero-order valence-corrected chi connectivity index (χ0v) is 8.53. The minimum Gasteiger partial charge on any atom is -0.342 e. The Morgan fingerprint density at radius 2 is 2.25 bits per heavy atom. The van der Waals surface area contributed by atoms with Crippen molar-refractivity contribution in [2.24, 2.45) is 0 Å². The molecule has 0 saturated carbocycles. The smallest absolute Gasteiger partial charge is 0.222 e. The van der Waals surface area contributed by atoms with Crippen molar-refractivity contribution < 1.29 is 4.79 Å². The first-order valence-electron chi connectivity index (χ1n) is 4.70. The number of carbonyl (C=O) groups excluding carboxylic acids is 1. The van der Waals surface area contributed by atoms with E-state index < -0.39 is 0 Å². The minimum atomic E-state index is 0.347. The van der Waals surface area contributed by atoms with Gasteiger partial charge < -0.3 is 4.90 Å². The van der Waals surface area contributed by atoms with Gasteiger partial charge in [0.05, 0.1) is 0 Å². The van der Waals surface area contributed by atoms with E-state index in [-0.39, 0.29) is 0 Å². The zero-order chi connectivity index (χ0) is 8.81. The second-order valence-electron chi connectivity index (χ2n) is 3.10. The van der Waals surface area contributed by atoms with E-state index in [4.69, 9.17) is 0 Å². The number of hydrogen-bond acceptors (Lipinski definition) is 2. The lowest BCUT2D eigenvalue weighted by atomic mass is 10.3. The van der Waals surface area contributed by atoms with Gasteiger partial charge in [-0.25, -0.2) is 0 Å². The SMILES string of the molecule is CCCC(=O)N1CCCSCC1. The summed E-state index contributed by atoms with van der Waals surface area (Å²) in [7, 11) is 0. The van der Waals surface area contributed by atoms with Crippen LogP contribution in [0.5, 0.6) is 0 Å². The third-order valence-electron chi connectivity index (χ3n) is 2.04. The molecule has 0 N–H and O–H groups in total. The number of nitrogens with zero attached hydrogens (tertiary/aromatic N) is 1. The fourth-order valence-corrected chi connectivity index (χ4v) is 2.25. The molecule has 1 rings (SSSR count). The summed E-state index contributed by atoms with van der Waals surface area (Å²) in [4.78, 5) is 13.5. The average Bonchev–Trinajstić information content (AvgIpc) is 2.32. The van der Waals surface area contributed by atoms with E-state index in [9.17, 15) is 4.79 Å². The van der Waals surface area contributed by atoms with Gasteiger partial charge in [0, 0.05) is 25.3 Å². The van der Waals surface area contributed by atoms with E-state index in [1.54, 1.807) is 0 Å². The molecule has 1 heterocycles. The first kappa shape index (κ1) is 9.90. The summed E-state index contributed by atoms with van der Waals surface area (Å²) in [6.07, 6.45) is 2.87. The van der Waals surface area contributed by atoms with Crippen molar-refractivity contribution in [3.63, 3.8) is 0 Å². The molecule has 1 fully saturated rings. The van der Waals surface area contributed by atoms with Crippen molar-refractivity contribution in [2.75, 3.05) is 24.6 Å². The molecule has 1 aliphatic heterocycles. The van der Waals surface area contributed by atoms with Gasteiger partial charge in [0.25, 0.3) is 0 Å². The van der Waals surface area contributed by atoms with Gasteiger partial charge >= 0.3 is 0 Å². The van der Waals surface area contributed by atoms with Crippen LogP contribution < -0.4 is 0 Å². The second kappa shape index (κ2) is 5.46. The Balaban J connectivity index is 2.32. The van der Waals surface area contributed by atoms with Crippen LogP contribution in [0.15, 0.2) is 0 Å². The summed E-state index contributed by atoms with van der Waals surface area (Å²) in [6, 6.07) is 0. The summed E-state index contributed by atoms with van der Waals surface area (Å²) in [5.74, 6) is 2.69. The van der Waals surface area contributed by atoms with Crippen LogP contribution in [0.1, 0.15) is 26.2 Å². The molecule has 1 saturated heterocycles. The summed E-state index contributed by atoms with van der Waals surface area (Å²) in [5, 5.41) is 0. The molecule has 2 nitrogen and oxygen atoms in total. The maximum Gasteiger partial charge on any atom is 0.222 e. The third kappa shape index (κ3) is 3.05. The van der Waals surface area contributed by atoms with Gasteiger partial charge in [-0.05, 0) is 18.6 Å². The predicted molar refractivity (Wildman–Crippen MR) is 53.4 cm³/mol. The lowest BCUT2D eigenvalue weighted by Crippen LogP contribution is -2.32. The molecular formula is C9H17NOS. The molecule has 0 bridgehead atoms. The second-order valence-corrected chi connectivity index (χ2v) is 4.32. The largest absolute Gasteiger partial charge is 0.342 e. The number of carbonyl (C=O) groups is 1. The van der Waals surface area contributed by atoms with Gasteiger partial charge in [-0.15, -0.1) is 0 Å².